The Balaban J connectivity index is 2.36. The summed E-state index contributed by atoms with van der Waals surface area (Å²) in [5.74, 6) is -5.86. The van der Waals surface area contributed by atoms with Gasteiger partial charge in [0, 0.05) is 36.5 Å². The van der Waals surface area contributed by atoms with Crippen molar-refractivity contribution < 1.29 is 39.0 Å². The topological polar surface area (TPSA) is 321 Å². The maximum absolute atomic E-state index is 13.9. The number of aromatic nitrogens is 1. The number of aliphatic carboxylic acids is 2. The van der Waals surface area contributed by atoms with Gasteiger partial charge in [-0.15, -0.1) is 0 Å². The Morgan fingerprint density at radius 1 is 0.808 bits per heavy atom. The van der Waals surface area contributed by atoms with E-state index in [4.69, 9.17) is 22.6 Å². The Morgan fingerprint density at radius 3 is 1.98 bits per heavy atom. The number of para-hydroxylation sites is 1. The number of unbranched alkanes of at least 4 members (excludes halogenated alkanes) is 1. The number of fused-ring (bicyclic) bond motifs is 1. The van der Waals surface area contributed by atoms with Crippen molar-refractivity contribution in [3.8, 4) is 0 Å². The number of aromatic amines is 1. The second kappa shape index (κ2) is 21.9. The van der Waals surface area contributed by atoms with E-state index in [9.17, 15) is 39.0 Å². The minimum absolute atomic E-state index is 0.00182. The molecule has 0 spiro atoms. The highest BCUT2D eigenvalue weighted by Gasteiger charge is 2.32. The average Bonchev–Trinajstić information content (AvgIpc) is 3.48. The molecule has 288 valence electrons. The van der Waals surface area contributed by atoms with Crippen molar-refractivity contribution in [3.63, 3.8) is 0 Å². The molecule has 0 aliphatic rings. The Hall–Kier alpha value is -5.23. The van der Waals surface area contributed by atoms with Crippen LogP contribution in [0.1, 0.15) is 70.8 Å². The molecule has 0 fully saturated rings. The fourth-order valence-corrected chi connectivity index (χ4v) is 5.53. The van der Waals surface area contributed by atoms with Crippen LogP contribution in [0, 0.1) is 11.3 Å². The van der Waals surface area contributed by atoms with E-state index in [0.29, 0.717) is 31.4 Å². The van der Waals surface area contributed by atoms with Gasteiger partial charge in [-0.25, -0.2) is 4.79 Å². The number of carbonyl (C=O) groups excluding carboxylic acids is 4. The smallest absolute Gasteiger partial charge is 0.326 e. The van der Waals surface area contributed by atoms with Gasteiger partial charge in [-0.3, -0.25) is 29.4 Å². The fourth-order valence-electron chi connectivity index (χ4n) is 5.53. The van der Waals surface area contributed by atoms with Crippen molar-refractivity contribution in [3.05, 3.63) is 36.0 Å². The van der Waals surface area contributed by atoms with Crippen molar-refractivity contribution in [1.82, 2.24) is 31.6 Å². The number of H-pyrrole nitrogens is 1. The molecule has 0 saturated heterocycles. The summed E-state index contributed by atoms with van der Waals surface area (Å²) in [6.07, 6.45) is 2.38. The van der Waals surface area contributed by atoms with Crippen LogP contribution >= 0.6 is 0 Å². The molecule has 0 aliphatic carbocycles. The summed E-state index contributed by atoms with van der Waals surface area (Å²) in [6, 6.07) is 1.14. The molecule has 1 heterocycles. The van der Waals surface area contributed by atoms with E-state index in [0.717, 1.165) is 10.9 Å². The Morgan fingerprint density at radius 2 is 1.38 bits per heavy atom. The van der Waals surface area contributed by atoms with Crippen LogP contribution < -0.4 is 43.8 Å². The second-order valence-corrected chi connectivity index (χ2v) is 13.1. The number of nitrogens with one attached hydrogen (secondary N) is 7. The fraction of sp³-hybridized carbons (Fsp3) is 0.559. The van der Waals surface area contributed by atoms with Gasteiger partial charge in [0.05, 0.1) is 6.04 Å². The molecule has 5 atom stereocenters. The number of carboxylic acid groups (broad SMARTS) is 2. The Kier molecular flexibility index (Phi) is 18.1. The van der Waals surface area contributed by atoms with Crippen LogP contribution in [0.15, 0.2) is 30.5 Å². The third-order valence-electron chi connectivity index (χ3n) is 8.25. The first-order chi connectivity index (χ1) is 24.6. The molecule has 1 aromatic heterocycles. The van der Waals surface area contributed by atoms with E-state index >= 15 is 0 Å². The standard InChI is InChI=1S/C34H54N10O8/c1-19(2)16-22(36)29(47)44-27(17-20-18-40-23-9-4-3-8-21(20)23)32(50)42-25(12-13-28(45)46)31(49)41-24(11-7-15-39-34(37)38)30(48)43-26(33(51)52)10-5-6-14-35/h3-4,8-9,18-19,22,24-27,40H,5-7,10-17,35-36H2,1-2H3,(H,41,49)(H,42,50)(H,43,48)(H,44,47)(H,45,46)(H,51,52)(H4,37,38,39)/t22-,24-,25-,26-,27-/m0/s1. The van der Waals surface area contributed by atoms with Crippen LogP contribution in [-0.2, 0) is 35.2 Å². The number of carbonyl (C=O) groups is 6. The van der Waals surface area contributed by atoms with Crippen LogP contribution in [0.5, 0.6) is 0 Å². The minimum Gasteiger partial charge on any atom is -0.481 e. The largest absolute Gasteiger partial charge is 0.481 e. The van der Waals surface area contributed by atoms with Crippen LogP contribution in [0.4, 0.5) is 0 Å². The Bertz CT molecular complexity index is 1530. The van der Waals surface area contributed by atoms with Crippen molar-refractivity contribution in [2.45, 2.75) is 102 Å². The zero-order chi connectivity index (χ0) is 38.8. The molecule has 52 heavy (non-hydrogen) atoms. The van der Waals surface area contributed by atoms with Gasteiger partial charge in [0.25, 0.3) is 0 Å². The summed E-state index contributed by atoms with van der Waals surface area (Å²) in [5.41, 5.74) is 18.5. The molecular formula is C34H54N10O8. The summed E-state index contributed by atoms with van der Waals surface area (Å²) in [5, 5.41) is 40.1. The van der Waals surface area contributed by atoms with Crippen LogP contribution in [0.25, 0.3) is 10.9 Å². The van der Waals surface area contributed by atoms with Crippen molar-refractivity contribution in [1.29, 1.82) is 5.41 Å². The van der Waals surface area contributed by atoms with Crippen molar-refractivity contribution in [2.75, 3.05) is 13.1 Å². The number of hydrogen-bond donors (Lipinski definition) is 12. The Labute approximate surface area is 302 Å². The number of benzene rings is 1. The summed E-state index contributed by atoms with van der Waals surface area (Å²) in [4.78, 5) is 80.7. The van der Waals surface area contributed by atoms with E-state index in [1.165, 1.54) is 0 Å². The van der Waals surface area contributed by atoms with Gasteiger partial charge < -0.3 is 59.0 Å². The average molecular weight is 731 g/mol. The summed E-state index contributed by atoms with van der Waals surface area (Å²) >= 11 is 0. The molecule has 4 amide bonds. The van der Waals surface area contributed by atoms with E-state index in [-0.39, 0.29) is 50.5 Å². The van der Waals surface area contributed by atoms with Gasteiger partial charge >= 0.3 is 11.9 Å². The first kappa shape index (κ1) is 42.9. The highest BCUT2D eigenvalue weighted by molar-refractivity contribution is 5.96. The third-order valence-corrected chi connectivity index (χ3v) is 8.25. The molecule has 0 aliphatic heterocycles. The first-order valence-electron chi connectivity index (χ1n) is 17.4. The van der Waals surface area contributed by atoms with Gasteiger partial charge in [-0.05, 0) is 69.0 Å². The zero-order valence-electron chi connectivity index (χ0n) is 29.7. The molecule has 18 nitrogen and oxygen atoms in total. The van der Waals surface area contributed by atoms with E-state index in [2.05, 4.69) is 31.6 Å². The van der Waals surface area contributed by atoms with Crippen LogP contribution in [-0.4, -0.2) is 100 Å². The molecule has 0 saturated carbocycles. The summed E-state index contributed by atoms with van der Waals surface area (Å²) < 4.78 is 0. The lowest BCUT2D eigenvalue weighted by molar-refractivity contribution is -0.142. The van der Waals surface area contributed by atoms with Gasteiger partial charge in [-0.1, -0.05) is 32.0 Å². The molecule has 0 bridgehead atoms. The number of hydrogen-bond acceptors (Lipinski definition) is 9. The van der Waals surface area contributed by atoms with Gasteiger partial charge in [0.2, 0.25) is 23.6 Å². The SMILES string of the molecule is CC(C)C[C@H](N)C(=O)N[C@@H](Cc1c[nH]c2ccccc12)C(=O)N[C@@H](CCC(=O)O)C(=O)N[C@@H](CCCNC(=N)N)C(=O)N[C@@H](CCCCN)C(=O)O. The number of rotatable bonds is 24. The van der Waals surface area contributed by atoms with E-state index in [1.54, 1.807) is 6.20 Å². The molecule has 1 aromatic carbocycles. The molecule has 15 N–H and O–H groups in total. The molecular weight excluding hydrogens is 676 g/mol. The van der Waals surface area contributed by atoms with E-state index < -0.39 is 72.2 Å². The number of carboxylic acids is 2. The maximum atomic E-state index is 13.9. The molecule has 0 radical (unpaired) electrons. The lowest BCUT2D eigenvalue weighted by Crippen LogP contribution is -2.59. The lowest BCUT2D eigenvalue weighted by atomic mass is 10.0. The van der Waals surface area contributed by atoms with Crippen molar-refractivity contribution in [2.24, 2.45) is 23.1 Å². The molecule has 0 unspecified atom stereocenters. The van der Waals surface area contributed by atoms with Gasteiger partial charge in [0.15, 0.2) is 5.96 Å². The maximum Gasteiger partial charge on any atom is 0.326 e. The van der Waals surface area contributed by atoms with Crippen LogP contribution in [0.2, 0.25) is 0 Å². The predicted molar refractivity (Wildman–Crippen MR) is 194 cm³/mol. The highest BCUT2D eigenvalue weighted by atomic mass is 16.4. The van der Waals surface area contributed by atoms with Crippen LogP contribution in [0.3, 0.4) is 0 Å². The molecule has 2 rings (SSSR count). The number of nitrogens with two attached hydrogens (primary N) is 3. The summed E-state index contributed by atoms with van der Waals surface area (Å²) in [6.45, 7) is 4.28. The van der Waals surface area contributed by atoms with E-state index in [1.807, 2.05) is 38.1 Å². The number of guanidine groups is 1. The third kappa shape index (κ3) is 14.9. The van der Waals surface area contributed by atoms with Crippen molar-refractivity contribution >= 4 is 52.4 Å². The van der Waals surface area contributed by atoms with Gasteiger partial charge in [-0.2, -0.15) is 0 Å². The normalized spacial score (nSPS) is 14.0. The number of amides is 4. The zero-order valence-corrected chi connectivity index (χ0v) is 29.7. The second-order valence-electron chi connectivity index (χ2n) is 13.1. The molecule has 2 aromatic rings. The lowest BCUT2D eigenvalue weighted by Gasteiger charge is -2.26. The highest BCUT2D eigenvalue weighted by Crippen LogP contribution is 2.19. The quantitative estimate of drug-likeness (QED) is 0.0365. The van der Waals surface area contributed by atoms with Gasteiger partial charge in [0.1, 0.15) is 24.2 Å². The summed E-state index contributed by atoms with van der Waals surface area (Å²) in [7, 11) is 0. The first-order valence-corrected chi connectivity index (χ1v) is 17.4. The monoisotopic (exact) mass is 730 g/mol. The predicted octanol–water partition coefficient (Wildman–Crippen LogP) is -0.635. The minimum atomic E-state index is -1.47. The molecule has 18 heteroatoms.